The SMILES string of the molecule is Cc1cc(N2CCc3c(c(C)nn3CC34CCC(N5CC[C@H](O)C5)(CC3)CC4)C2)c2cnn(C)c2n1. The van der Waals surface area contributed by atoms with Gasteiger partial charge in [0.05, 0.1) is 29.1 Å². The molecule has 0 amide bonds. The summed E-state index contributed by atoms with van der Waals surface area (Å²) in [6, 6.07) is 2.21. The molecule has 8 rings (SSSR count). The zero-order valence-electron chi connectivity index (χ0n) is 22.0. The van der Waals surface area contributed by atoms with E-state index in [0.29, 0.717) is 11.0 Å². The average Bonchev–Trinajstić information content (AvgIpc) is 3.57. The molecule has 3 aromatic rings. The first-order valence-electron chi connectivity index (χ1n) is 13.9. The molecule has 3 aromatic heterocycles. The molecule has 1 atom stereocenters. The molecule has 0 spiro atoms. The van der Waals surface area contributed by atoms with Crippen molar-refractivity contribution in [2.75, 3.05) is 24.5 Å². The molecule has 3 aliphatic carbocycles. The molecule has 2 bridgehead atoms. The number of nitrogens with zero attached hydrogens (tertiary/aromatic N) is 7. The summed E-state index contributed by atoms with van der Waals surface area (Å²) in [4.78, 5) is 9.85. The van der Waals surface area contributed by atoms with Crippen molar-refractivity contribution in [3.8, 4) is 0 Å². The minimum atomic E-state index is -0.114. The van der Waals surface area contributed by atoms with Gasteiger partial charge in [0.1, 0.15) is 0 Å². The third kappa shape index (κ3) is 3.44. The van der Waals surface area contributed by atoms with Crippen LogP contribution in [0.25, 0.3) is 11.0 Å². The number of anilines is 1. The third-order valence-corrected chi connectivity index (χ3v) is 10.2. The van der Waals surface area contributed by atoms with E-state index in [-0.39, 0.29) is 6.10 Å². The van der Waals surface area contributed by atoms with Crippen molar-refractivity contribution < 1.29 is 5.11 Å². The number of pyridine rings is 1. The van der Waals surface area contributed by atoms with E-state index in [1.165, 1.54) is 61.2 Å². The van der Waals surface area contributed by atoms with Crippen molar-refractivity contribution in [1.82, 2.24) is 29.4 Å². The fourth-order valence-corrected chi connectivity index (χ4v) is 7.93. The van der Waals surface area contributed by atoms with Crippen LogP contribution in [-0.2, 0) is 26.6 Å². The number of fused-ring (bicyclic) bond motifs is 5. The summed E-state index contributed by atoms with van der Waals surface area (Å²) in [6.45, 7) is 9.21. The maximum Gasteiger partial charge on any atom is 0.159 e. The van der Waals surface area contributed by atoms with Crippen LogP contribution in [0.4, 0.5) is 5.69 Å². The quantitative estimate of drug-likeness (QED) is 0.605. The molecule has 36 heavy (non-hydrogen) atoms. The summed E-state index contributed by atoms with van der Waals surface area (Å²) in [5.41, 5.74) is 8.04. The number of aliphatic hydroxyl groups excluding tert-OH is 1. The first-order chi connectivity index (χ1) is 17.3. The highest BCUT2D eigenvalue weighted by Crippen LogP contribution is 2.56. The monoisotopic (exact) mass is 489 g/mol. The lowest BCUT2D eigenvalue weighted by Gasteiger charge is -2.57. The van der Waals surface area contributed by atoms with Gasteiger partial charge in [-0.2, -0.15) is 10.2 Å². The molecule has 0 unspecified atom stereocenters. The summed E-state index contributed by atoms with van der Waals surface area (Å²) in [6.07, 6.45) is 11.6. The lowest BCUT2D eigenvalue weighted by Crippen LogP contribution is -2.57. The standard InChI is InChI=1S/C28H39N7O/c1-19-14-25(22-15-29-32(3)26(22)30-19)33-12-5-24-23(17-33)20(2)31-35(24)18-27-6-9-28(10-7-27,11-8-27)34-13-4-21(36)16-34/h14-15,21,36H,4-13,16-18H2,1-3H3/t21-,27?,28?/m0/s1. The fourth-order valence-electron chi connectivity index (χ4n) is 7.93. The maximum absolute atomic E-state index is 10.1. The molecule has 5 heterocycles. The first-order valence-corrected chi connectivity index (χ1v) is 13.9. The Bertz CT molecular complexity index is 1300. The van der Waals surface area contributed by atoms with Gasteiger partial charge in [-0.3, -0.25) is 14.3 Å². The number of hydrogen-bond donors (Lipinski definition) is 1. The Kier molecular flexibility index (Phi) is 5.06. The van der Waals surface area contributed by atoms with Crippen LogP contribution < -0.4 is 4.90 Å². The van der Waals surface area contributed by atoms with Crippen LogP contribution in [0.5, 0.6) is 0 Å². The van der Waals surface area contributed by atoms with Crippen LogP contribution >= 0.6 is 0 Å². The van der Waals surface area contributed by atoms with Crippen LogP contribution in [0.3, 0.4) is 0 Å². The third-order valence-electron chi connectivity index (χ3n) is 10.2. The summed E-state index contributed by atoms with van der Waals surface area (Å²) in [5.74, 6) is 0. The lowest BCUT2D eigenvalue weighted by atomic mass is 9.56. The molecule has 2 aliphatic heterocycles. The van der Waals surface area contributed by atoms with Crippen LogP contribution in [0.1, 0.15) is 67.6 Å². The largest absolute Gasteiger partial charge is 0.392 e. The fraction of sp³-hybridized carbons (Fsp3) is 0.679. The zero-order valence-corrected chi connectivity index (χ0v) is 22.0. The van der Waals surface area contributed by atoms with Crippen molar-refractivity contribution in [3.63, 3.8) is 0 Å². The Hall–Kier alpha value is -2.45. The van der Waals surface area contributed by atoms with Gasteiger partial charge in [-0.1, -0.05) is 0 Å². The van der Waals surface area contributed by atoms with Gasteiger partial charge in [-0.25, -0.2) is 4.98 Å². The Morgan fingerprint density at radius 1 is 1.08 bits per heavy atom. The van der Waals surface area contributed by atoms with Gasteiger partial charge in [0, 0.05) is 68.7 Å². The second-order valence-electron chi connectivity index (χ2n) is 12.2. The van der Waals surface area contributed by atoms with E-state index in [9.17, 15) is 5.11 Å². The number of aromatic nitrogens is 5. The molecule has 0 aromatic carbocycles. The van der Waals surface area contributed by atoms with Gasteiger partial charge >= 0.3 is 0 Å². The molecule has 8 nitrogen and oxygen atoms in total. The summed E-state index contributed by atoms with van der Waals surface area (Å²) < 4.78 is 4.27. The van der Waals surface area contributed by atoms with Crippen LogP contribution in [-0.4, -0.2) is 65.8 Å². The summed E-state index contributed by atoms with van der Waals surface area (Å²) in [7, 11) is 1.97. The van der Waals surface area contributed by atoms with E-state index in [2.05, 4.69) is 39.5 Å². The van der Waals surface area contributed by atoms with Crippen molar-refractivity contribution in [2.24, 2.45) is 12.5 Å². The normalized spacial score (nSPS) is 30.4. The second-order valence-corrected chi connectivity index (χ2v) is 12.2. The van der Waals surface area contributed by atoms with E-state index < -0.39 is 0 Å². The van der Waals surface area contributed by atoms with Gasteiger partial charge in [0.15, 0.2) is 5.65 Å². The Balaban J connectivity index is 1.11. The van der Waals surface area contributed by atoms with E-state index in [1.54, 1.807) is 0 Å². The van der Waals surface area contributed by atoms with E-state index in [0.717, 1.165) is 62.3 Å². The molecule has 1 N–H and O–H groups in total. The number of β-amino-alcohol motifs (C(OH)–C–C–N with tert-alkyl or cyclic N) is 1. The van der Waals surface area contributed by atoms with Crippen molar-refractivity contribution in [2.45, 2.75) is 89.9 Å². The average molecular weight is 490 g/mol. The summed E-state index contributed by atoms with van der Waals surface area (Å²) >= 11 is 0. The van der Waals surface area contributed by atoms with E-state index in [1.807, 2.05) is 17.9 Å². The number of aliphatic hydroxyl groups is 1. The van der Waals surface area contributed by atoms with E-state index >= 15 is 0 Å². The van der Waals surface area contributed by atoms with Gasteiger partial charge in [0.25, 0.3) is 0 Å². The maximum atomic E-state index is 10.1. The predicted molar refractivity (Wildman–Crippen MR) is 140 cm³/mol. The highest BCUT2D eigenvalue weighted by molar-refractivity contribution is 5.89. The topological polar surface area (TPSA) is 75.2 Å². The van der Waals surface area contributed by atoms with E-state index in [4.69, 9.17) is 10.1 Å². The second kappa shape index (κ2) is 8.02. The minimum absolute atomic E-state index is 0.114. The number of aryl methyl sites for hydroxylation is 3. The Labute approximate surface area is 213 Å². The number of hydrogen-bond acceptors (Lipinski definition) is 6. The molecule has 0 radical (unpaired) electrons. The number of rotatable bonds is 4. The van der Waals surface area contributed by atoms with Crippen LogP contribution in [0, 0.1) is 19.3 Å². The Morgan fingerprint density at radius 3 is 2.58 bits per heavy atom. The molecule has 8 heteroatoms. The molecule has 3 saturated carbocycles. The molecule has 4 fully saturated rings. The highest BCUT2D eigenvalue weighted by atomic mass is 16.3. The van der Waals surface area contributed by atoms with Crippen molar-refractivity contribution >= 4 is 16.7 Å². The molecule has 5 aliphatic rings. The van der Waals surface area contributed by atoms with Crippen molar-refractivity contribution in [1.29, 1.82) is 0 Å². The van der Waals surface area contributed by atoms with Gasteiger partial charge < -0.3 is 10.0 Å². The summed E-state index contributed by atoms with van der Waals surface area (Å²) in [5, 5.41) is 20.8. The van der Waals surface area contributed by atoms with Gasteiger partial charge in [-0.05, 0) is 70.3 Å². The van der Waals surface area contributed by atoms with Crippen LogP contribution in [0.2, 0.25) is 0 Å². The van der Waals surface area contributed by atoms with Crippen molar-refractivity contribution in [3.05, 3.63) is 34.9 Å². The molecular formula is C28H39N7O. The smallest absolute Gasteiger partial charge is 0.159 e. The highest BCUT2D eigenvalue weighted by Gasteiger charge is 2.52. The zero-order chi connectivity index (χ0) is 24.7. The molecule has 1 saturated heterocycles. The molecular weight excluding hydrogens is 450 g/mol. The minimum Gasteiger partial charge on any atom is -0.392 e. The van der Waals surface area contributed by atoms with Gasteiger partial charge in [0.2, 0.25) is 0 Å². The molecule has 192 valence electrons. The lowest BCUT2D eigenvalue weighted by molar-refractivity contribution is -0.0569. The van der Waals surface area contributed by atoms with Gasteiger partial charge in [-0.15, -0.1) is 0 Å². The predicted octanol–water partition coefficient (Wildman–Crippen LogP) is 3.50. The Morgan fingerprint density at radius 2 is 1.86 bits per heavy atom. The number of likely N-dealkylation sites (tertiary alicyclic amines) is 1. The van der Waals surface area contributed by atoms with Crippen LogP contribution in [0.15, 0.2) is 12.3 Å². The first kappa shape index (κ1) is 22.7.